The smallest absolute Gasteiger partial charge is 0.240 e. The predicted molar refractivity (Wildman–Crippen MR) is 103 cm³/mol. The highest BCUT2D eigenvalue weighted by Gasteiger charge is 2.17. The van der Waals surface area contributed by atoms with Crippen molar-refractivity contribution in [2.45, 2.75) is 36.7 Å². The Labute approximate surface area is 160 Å². The van der Waals surface area contributed by atoms with Crippen LogP contribution in [0.15, 0.2) is 53.4 Å². The van der Waals surface area contributed by atoms with Gasteiger partial charge in [0.15, 0.2) is 0 Å². The minimum absolute atomic E-state index is 0.175. The number of nitrogens with one attached hydrogen (secondary N) is 1. The summed E-state index contributed by atoms with van der Waals surface area (Å²) in [6.07, 6.45) is 4.77. The highest BCUT2D eigenvalue weighted by Crippen LogP contribution is 2.25. The molecule has 0 heterocycles. The molecule has 1 saturated carbocycles. The lowest BCUT2D eigenvalue weighted by Crippen LogP contribution is -2.28. The molecule has 0 spiro atoms. The predicted octanol–water partition coefficient (Wildman–Crippen LogP) is 3.37. The van der Waals surface area contributed by atoms with Gasteiger partial charge in [0.1, 0.15) is 23.9 Å². The zero-order valence-electron chi connectivity index (χ0n) is 15.4. The molecule has 6 nitrogen and oxygen atoms in total. The molecule has 0 amide bonds. The van der Waals surface area contributed by atoms with Crippen molar-refractivity contribution in [3.05, 3.63) is 48.5 Å². The second kappa shape index (κ2) is 9.10. The number of hydrogen-bond donors (Lipinski definition) is 1. The van der Waals surface area contributed by atoms with Crippen LogP contribution in [0.4, 0.5) is 0 Å². The Morgan fingerprint density at radius 3 is 2.15 bits per heavy atom. The molecule has 1 aliphatic carbocycles. The molecule has 0 saturated heterocycles. The molecule has 2 aromatic carbocycles. The van der Waals surface area contributed by atoms with E-state index in [0.29, 0.717) is 11.5 Å². The van der Waals surface area contributed by atoms with E-state index in [4.69, 9.17) is 14.2 Å². The van der Waals surface area contributed by atoms with Crippen LogP contribution >= 0.6 is 0 Å². The molecule has 7 heteroatoms. The Bertz CT molecular complexity index is 812. The van der Waals surface area contributed by atoms with Gasteiger partial charge in [0, 0.05) is 6.54 Å². The minimum Gasteiger partial charge on any atom is -0.497 e. The van der Waals surface area contributed by atoms with E-state index < -0.39 is 10.0 Å². The van der Waals surface area contributed by atoms with Crippen molar-refractivity contribution in [2.24, 2.45) is 0 Å². The molecule has 0 bridgehead atoms. The normalized spacial score (nSPS) is 14.9. The van der Waals surface area contributed by atoms with E-state index in [1.165, 1.54) is 12.8 Å². The highest BCUT2D eigenvalue weighted by atomic mass is 32.2. The highest BCUT2D eigenvalue weighted by molar-refractivity contribution is 7.89. The first kappa shape index (κ1) is 19.5. The van der Waals surface area contributed by atoms with Crippen LogP contribution in [0.3, 0.4) is 0 Å². The fraction of sp³-hybridized carbons (Fsp3) is 0.400. The van der Waals surface area contributed by atoms with Gasteiger partial charge in [-0.2, -0.15) is 0 Å². The third-order valence-corrected chi connectivity index (χ3v) is 5.94. The molecule has 0 atom stereocenters. The summed E-state index contributed by atoms with van der Waals surface area (Å²) in [5, 5.41) is 0. The molecule has 0 aliphatic heterocycles. The van der Waals surface area contributed by atoms with Crippen LogP contribution in [-0.4, -0.2) is 34.8 Å². The summed E-state index contributed by atoms with van der Waals surface area (Å²) >= 11 is 0. The van der Waals surface area contributed by atoms with Gasteiger partial charge in [-0.05, 0) is 74.2 Å². The molecule has 0 radical (unpaired) electrons. The maximum Gasteiger partial charge on any atom is 0.240 e. The van der Waals surface area contributed by atoms with Gasteiger partial charge >= 0.3 is 0 Å². The standard InChI is InChI=1S/C20H25NO5S/c1-24-16-6-8-17(9-7-16)25-15-14-21-27(22,23)20-12-10-19(11-13-20)26-18-4-2-3-5-18/h6-13,18,21H,2-5,14-15H2,1H3. The summed E-state index contributed by atoms with van der Waals surface area (Å²) < 4.78 is 43.7. The van der Waals surface area contributed by atoms with Crippen LogP contribution in [0.25, 0.3) is 0 Å². The van der Waals surface area contributed by atoms with E-state index in [-0.39, 0.29) is 24.2 Å². The first-order chi connectivity index (χ1) is 13.1. The lowest BCUT2D eigenvalue weighted by molar-refractivity contribution is 0.210. The van der Waals surface area contributed by atoms with Crippen molar-refractivity contribution in [1.82, 2.24) is 4.72 Å². The van der Waals surface area contributed by atoms with Gasteiger partial charge in [0.25, 0.3) is 0 Å². The van der Waals surface area contributed by atoms with Crippen LogP contribution in [0.2, 0.25) is 0 Å². The second-order valence-electron chi connectivity index (χ2n) is 6.42. The van der Waals surface area contributed by atoms with Crippen molar-refractivity contribution in [3.8, 4) is 17.2 Å². The number of methoxy groups -OCH3 is 1. The van der Waals surface area contributed by atoms with E-state index in [9.17, 15) is 8.42 Å². The summed E-state index contributed by atoms with van der Waals surface area (Å²) in [5.41, 5.74) is 0. The van der Waals surface area contributed by atoms with Crippen molar-refractivity contribution in [3.63, 3.8) is 0 Å². The summed E-state index contributed by atoms with van der Waals surface area (Å²) in [6, 6.07) is 13.7. The molecule has 2 aromatic rings. The van der Waals surface area contributed by atoms with E-state index in [1.54, 1.807) is 55.6 Å². The average Bonchev–Trinajstić information content (AvgIpc) is 3.19. The molecule has 0 aromatic heterocycles. The molecule has 146 valence electrons. The van der Waals surface area contributed by atoms with Crippen molar-refractivity contribution >= 4 is 10.0 Å². The minimum atomic E-state index is -3.57. The number of hydrogen-bond acceptors (Lipinski definition) is 5. The SMILES string of the molecule is COc1ccc(OCCNS(=O)(=O)c2ccc(OC3CCCC3)cc2)cc1. The van der Waals surface area contributed by atoms with Gasteiger partial charge in [-0.15, -0.1) is 0 Å². The zero-order chi connectivity index (χ0) is 19.1. The van der Waals surface area contributed by atoms with E-state index >= 15 is 0 Å². The topological polar surface area (TPSA) is 73.9 Å². The maximum absolute atomic E-state index is 12.4. The molecule has 27 heavy (non-hydrogen) atoms. The average molecular weight is 391 g/mol. The maximum atomic E-state index is 12.4. The van der Waals surface area contributed by atoms with Crippen LogP contribution in [0, 0.1) is 0 Å². The van der Waals surface area contributed by atoms with Gasteiger partial charge < -0.3 is 14.2 Å². The molecular formula is C20H25NO5S. The quantitative estimate of drug-likeness (QED) is 0.664. The van der Waals surface area contributed by atoms with Gasteiger partial charge in [0.2, 0.25) is 10.0 Å². The largest absolute Gasteiger partial charge is 0.497 e. The van der Waals surface area contributed by atoms with Crippen LogP contribution < -0.4 is 18.9 Å². The first-order valence-corrected chi connectivity index (χ1v) is 10.6. The Morgan fingerprint density at radius 1 is 0.926 bits per heavy atom. The van der Waals surface area contributed by atoms with Crippen LogP contribution in [0.5, 0.6) is 17.2 Å². The zero-order valence-corrected chi connectivity index (χ0v) is 16.2. The summed E-state index contributed by atoms with van der Waals surface area (Å²) in [6.45, 7) is 0.406. The monoisotopic (exact) mass is 391 g/mol. The van der Waals surface area contributed by atoms with Crippen molar-refractivity contribution < 1.29 is 22.6 Å². The van der Waals surface area contributed by atoms with E-state index in [0.717, 1.165) is 18.6 Å². The van der Waals surface area contributed by atoms with Crippen molar-refractivity contribution in [2.75, 3.05) is 20.3 Å². The Morgan fingerprint density at radius 2 is 1.52 bits per heavy atom. The van der Waals surface area contributed by atoms with Crippen LogP contribution in [0.1, 0.15) is 25.7 Å². The third kappa shape index (κ3) is 5.61. The van der Waals surface area contributed by atoms with E-state index in [1.807, 2.05) is 0 Å². The Balaban J connectivity index is 1.47. The fourth-order valence-electron chi connectivity index (χ4n) is 3.00. The summed E-state index contributed by atoms with van der Waals surface area (Å²) in [7, 11) is -1.98. The Kier molecular flexibility index (Phi) is 6.58. The molecule has 0 unspecified atom stereocenters. The fourth-order valence-corrected chi connectivity index (χ4v) is 4.01. The van der Waals surface area contributed by atoms with Gasteiger partial charge in [-0.25, -0.2) is 13.1 Å². The van der Waals surface area contributed by atoms with E-state index in [2.05, 4.69) is 4.72 Å². The lowest BCUT2D eigenvalue weighted by Gasteiger charge is -2.13. The number of rotatable bonds is 9. The van der Waals surface area contributed by atoms with Gasteiger partial charge in [0.05, 0.1) is 18.1 Å². The summed E-state index contributed by atoms with van der Waals surface area (Å²) in [4.78, 5) is 0.214. The number of ether oxygens (including phenoxy) is 3. The van der Waals surface area contributed by atoms with Crippen LogP contribution in [-0.2, 0) is 10.0 Å². The number of sulfonamides is 1. The van der Waals surface area contributed by atoms with Crippen molar-refractivity contribution in [1.29, 1.82) is 0 Å². The molecule has 1 fully saturated rings. The van der Waals surface area contributed by atoms with Gasteiger partial charge in [-0.1, -0.05) is 0 Å². The first-order valence-electron chi connectivity index (χ1n) is 9.10. The summed E-state index contributed by atoms with van der Waals surface area (Å²) in [5.74, 6) is 2.11. The second-order valence-corrected chi connectivity index (χ2v) is 8.18. The van der Waals surface area contributed by atoms with Gasteiger partial charge in [-0.3, -0.25) is 0 Å². The molecule has 1 N–H and O–H groups in total. The number of benzene rings is 2. The third-order valence-electron chi connectivity index (χ3n) is 4.46. The Hall–Kier alpha value is -2.25. The molecular weight excluding hydrogens is 366 g/mol. The molecule has 3 rings (SSSR count). The molecule has 1 aliphatic rings. The lowest BCUT2D eigenvalue weighted by atomic mass is 10.3.